The van der Waals surface area contributed by atoms with Crippen molar-refractivity contribution in [2.24, 2.45) is 0 Å². The van der Waals surface area contributed by atoms with Crippen molar-refractivity contribution in [1.82, 2.24) is 0 Å². The molecule has 1 nitrogen and oxygen atoms in total. The molecule has 0 N–H and O–H groups in total. The number of aryl methyl sites for hydroxylation is 1. The van der Waals surface area contributed by atoms with Crippen molar-refractivity contribution < 1.29 is 13.2 Å². The van der Waals surface area contributed by atoms with Gasteiger partial charge in [0.2, 0.25) is 0 Å². The SMILES string of the molecule is C[N-]Cc1cc(C)cc(C(F)(F)F)c1. The molecule has 0 unspecified atom stereocenters. The lowest BCUT2D eigenvalue weighted by Gasteiger charge is -2.15. The monoisotopic (exact) mass is 202 g/mol. The summed E-state index contributed by atoms with van der Waals surface area (Å²) < 4.78 is 37.1. The molecule has 0 aliphatic heterocycles. The highest BCUT2D eigenvalue weighted by Crippen LogP contribution is 2.30. The number of halogens is 3. The molecular weight excluding hydrogens is 191 g/mol. The van der Waals surface area contributed by atoms with Crippen LogP contribution in [0, 0.1) is 6.92 Å². The second-order valence-corrected chi connectivity index (χ2v) is 3.18. The molecule has 1 rings (SSSR count). The first-order valence-corrected chi connectivity index (χ1v) is 4.17. The average molecular weight is 202 g/mol. The third kappa shape index (κ3) is 2.73. The average Bonchev–Trinajstić information content (AvgIpc) is 2.02. The highest BCUT2D eigenvalue weighted by molar-refractivity contribution is 5.32. The fraction of sp³-hybridized carbons (Fsp3) is 0.400. The van der Waals surface area contributed by atoms with E-state index in [0.717, 1.165) is 12.1 Å². The Morgan fingerprint density at radius 2 is 1.86 bits per heavy atom. The van der Waals surface area contributed by atoms with Crippen LogP contribution in [-0.4, -0.2) is 7.05 Å². The van der Waals surface area contributed by atoms with Crippen LogP contribution in [0.25, 0.3) is 5.32 Å². The van der Waals surface area contributed by atoms with E-state index in [0.29, 0.717) is 17.7 Å². The van der Waals surface area contributed by atoms with Crippen LogP contribution in [0.2, 0.25) is 0 Å². The minimum Gasteiger partial charge on any atom is -0.661 e. The van der Waals surface area contributed by atoms with Crippen LogP contribution in [0.3, 0.4) is 0 Å². The summed E-state index contributed by atoms with van der Waals surface area (Å²) in [5.74, 6) is 0. The van der Waals surface area contributed by atoms with E-state index in [1.807, 2.05) is 0 Å². The number of benzene rings is 1. The summed E-state index contributed by atoms with van der Waals surface area (Å²) in [5.41, 5.74) is 0.606. The normalized spacial score (nSPS) is 11.8. The van der Waals surface area contributed by atoms with Crippen LogP contribution in [0.15, 0.2) is 18.2 Å². The molecule has 1 aromatic carbocycles. The van der Waals surface area contributed by atoms with Gasteiger partial charge < -0.3 is 5.32 Å². The van der Waals surface area contributed by atoms with Crippen LogP contribution in [0.5, 0.6) is 0 Å². The number of rotatable bonds is 2. The van der Waals surface area contributed by atoms with Gasteiger partial charge in [-0.2, -0.15) is 20.2 Å². The maximum Gasteiger partial charge on any atom is 0.416 e. The van der Waals surface area contributed by atoms with E-state index in [9.17, 15) is 13.2 Å². The fourth-order valence-electron chi connectivity index (χ4n) is 1.30. The van der Waals surface area contributed by atoms with Crippen molar-refractivity contribution in [3.8, 4) is 0 Å². The molecule has 4 heteroatoms. The van der Waals surface area contributed by atoms with E-state index >= 15 is 0 Å². The summed E-state index contributed by atoms with van der Waals surface area (Å²) in [6.07, 6.45) is -4.27. The predicted molar refractivity (Wildman–Crippen MR) is 49.2 cm³/mol. The lowest BCUT2D eigenvalue weighted by atomic mass is 10.1. The molecule has 1 aromatic rings. The summed E-state index contributed by atoms with van der Waals surface area (Å²) in [7, 11) is 1.58. The number of nitrogens with zero attached hydrogens (tertiary/aromatic N) is 1. The second-order valence-electron chi connectivity index (χ2n) is 3.18. The zero-order valence-corrected chi connectivity index (χ0v) is 8.02. The Labute approximate surface area is 80.9 Å². The van der Waals surface area contributed by atoms with Crippen LogP contribution >= 0.6 is 0 Å². The number of hydrogen-bond donors (Lipinski definition) is 0. The zero-order valence-electron chi connectivity index (χ0n) is 8.02. The van der Waals surface area contributed by atoms with E-state index in [1.165, 1.54) is 0 Å². The van der Waals surface area contributed by atoms with Crippen LogP contribution in [-0.2, 0) is 12.7 Å². The van der Waals surface area contributed by atoms with Gasteiger partial charge in [0.25, 0.3) is 0 Å². The molecule has 0 bridgehead atoms. The highest BCUT2D eigenvalue weighted by atomic mass is 19.4. The molecule has 78 valence electrons. The van der Waals surface area contributed by atoms with Crippen molar-refractivity contribution in [1.29, 1.82) is 0 Å². The smallest absolute Gasteiger partial charge is 0.416 e. The number of alkyl halides is 3. The first-order chi connectivity index (χ1) is 6.43. The third-order valence-electron chi connectivity index (χ3n) is 1.81. The number of hydrogen-bond acceptors (Lipinski definition) is 0. The molecule has 0 fully saturated rings. The molecule has 0 spiro atoms. The Morgan fingerprint density at radius 3 is 2.36 bits per heavy atom. The Kier molecular flexibility index (Phi) is 3.16. The summed E-state index contributed by atoms with van der Waals surface area (Å²) >= 11 is 0. The third-order valence-corrected chi connectivity index (χ3v) is 1.81. The maximum atomic E-state index is 12.4. The zero-order chi connectivity index (χ0) is 10.8. The van der Waals surface area contributed by atoms with Gasteiger partial charge in [-0.1, -0.05) is 17.2 Å². The fourth-order valence-corrected chi connectivity index (χ4v) is 1.30. The molecular formula is C10H11F3N-. The van der Waals surface area contributed by atoms with Gasteiger partial charge in [-0.15, -0.1) is 6.54 Å². The second kappa shape index (κ2) is 4.00. The topological polar surface area (TPSA) is 14.1 Å². The molecule has 0 saturated heterocycles. The van der Waals surface area contributed by atoms with E-state index in [2.05, 4.69) is 5.32 Å². The maximum absolute atomic E-state index is 12.4. The Balaban J connectivity index is 3.07. The minimum absolute atomic E-state index is 0.324. The summed E-state index contributed by atoms with van der Waals surface area (Å²) in [6, 6.07) is 3.99. The molecule has 0 amide bonds. The van der Waals surface area contributed by atoms with Crippen LogP contribution in [0.4, 0.5) is 13.2 Å². The van der Waals surface area contributed by atoms with Gasteiger partial charge in [0.1, 0.15) is 0 Å². The summed E-state index contributed by atoms with van der Waals surface area (Å²) in [4.78, 5) is 0. The van der Waals surface area contributed by atoms with Gasteiger partial charge in [-0.25, -0.2) is 0 Å². The van der Waals surface area contributed by atoms with Crippen LogP contribution in [0.1, 0.15) is 16.7 Å². The predicted octanol–water partition coefficient (Wildman–Crippen LogP) is 3.52. The van der Waals surface area contributed by atoms with Crippen molar-refractivity contribution in [3.63, 3.8) is 0 Å². The Morgan fingerprint density at radius 1 is 1.21 bits per heavy atom. The first kappa shape index (κ1) is 11.0. The molecule has 14 heavy (non-hydrogen) atoms. The van der Waals surface area contributed by atoms with Gasteiger partial charge >= 0.3 is 6.18 Å². The van der Waals surface area contributed by atoms with Gasteiger partial charge in [0.15, 0.2) is 0 Å². The quantitative estimate of drug-likeness (QED) is 0.696. The molecule has 0 aliphatic carbocycles. The van der Waals surface area contributed by atoms with E-state index < -0.39 is 11.7 Å². The van der Waals surface area contributed by atoms with Crippen molar-refractivity contribution >= 4 is 0 Å². The molecule has 0 aromatic heterocycles. The minimum atomic E-state index is -4.27. The largest absolute Gasteiger partial charge is 0.661 e. The molecule has 0 atom stereocenters. The molecule has 0 heterocycles. The van der Waals surface area contributed by atoms with Gasteiger partial charge in [0.05, 0.1) is 5.56 Å². The Bertz CT molecular complexity index is 318. The van der Waals surface area contributed by atoms with E-state index in [-0.39, 0.29) is 0 Å². The summed E-state index contributed by atoms with van der Waals surface area (Å²) in [5, 5.41) is 3.80. The van der Waals surface area contributed by atoms with Crippen molar-refractivity contribution in [2.75, 3.05) is 7.05 Å². The van der Waals surface area contributed by atoms with E-state index in [4.69, 9.17) is 0 Å². The van der Waals surface area contributed by atoms with Gasteiger partial charge in [-0.05, 0) is 19.1 Å². The highest BCUT2D eigenvalue weighted by Gasteiger charge is 2.30. The molecule has 0 radical (unpaired) electrons. The molecule has 0 saturated carbocycles. The van der Waals surface area contributed by atoms with Gasteiger partial charge in [0, 0.05) is 0 Å². The standard InChI is InChI=1S/C10H11F3N/c1-7-3-8(6-14-2)5-9(4-7)10(11,12)13/h3-5H,6H2,1-2H3/q-1. The van der Waals surface area contributed by atoms with Crippen molar-refractivity contribution in [3.05, 3.63) is 40.2 Å². The Hall–Kier alpha value is -1.03. The first-order valence-electron chi connectivity index (χ1n) is 4.17. The van der Waals surface area contributed by atoms with Crippen molar-refractivity contribution in [2.45, 2.75) is 19.6 Å². The lowest BCUT2D eigenvalue weighted by molar-refractivity contribution is -0.137. The van der Waals surface area contributed by atoms with Gasteiger partial charge in [-0.3, -0.25) is 0 Å². The lowest BCUT2D eigenvalue weighted by Crippen LogP contribution is -2.06. The van der Waals surface area contributed by atoms with E-state index in [1.54, 1.807) is 20.0 Å². The summed E-state index contributed by atoms with van der Waals surface area (Å²) in [6.45, 7) is 1.97. The molecule has 0 aliphatic rings. The van der Waals surface area contributed by atoms with Crippen LogP contribution < -0.4 is 0 Å².